The lowest BCUT2D eigenvalue weighted by Crippen LogP contribution is -2.16. The van der Waals surface area contributed by atoms with Crippen molar-refractivity contribution in [1.29, 1.82) is 0 Å². The molecule has 0 bridgehead atoms. The molecule has 0 amide bonds. The summed E-state index contributed by atoms with van der Waals surface area (Å²) in [6, 6.07) is 8.68. The monoisotopic (exact) mass is 393 g/mol. The number of hydrogen-bond acceptors (Lipinski definition) is 2. The second-order valence-corrected chi connectivity index (χ2v) is 9.36. The summed E-state index contributed by atoms with van der Waals surface area (Å²) in [5.41, 5.74) is 4.31. The third-order valence-electron chi connectivity index (χ3n) is 6.57. The molecule has 2 nitrogen and oxygen atoms in total. The zero-order valence-electron chi connectivity index (χ0n) is 18.6. The van der Waals surface area contributed by atoms with Crippen molar-refractivity contribution < 1.29 is 5.11 Å². The molecular weight excluding hydrogens is 354 g/mol. The summed E-state index contributed by atoms with van der Waals surface area (Å²) in [6.07, 6.45) is 19.4. The maximum absolute atomic E-state index is 10.5. The molecule has 3 rings (SSSR count). The fourth-order valence-electron chi connectivity index (χ4n) is 5.06. The molecule has 29 heavy (non-hydrogen) atoms. The van der Waals surface area contributed by atoms with Crippen LogP contribution >= 0.6 is 0 Å². The lowest BCUT2D eigenvalue weighted by molar-refractivity contribution is 0.141. The van der Waals surface area contributed by atoms with Crippen molar-refractivity contribution in [3.05, 3.63) is 71.3 Å². The molecular formula is C27H39NO. The number of aliphatic hydroxyl groups is 1. The fraction of sp³-hybridized carbons (Fsp3) is 0.556. The molecule has 0 saturated heterocycles. The van der Waals surface area contributed by atoms with Crippen LogP contribution in [0.1, 0.15) is 49.7 Å². The van der Waals surface area contributed by atoms with E-state index in [1.807, 2.05) is 0 Å². The van der Waals surface area contributed by atoms with Crippen LogP contribution in [0.5, 0.6) is 0 Å². The van der Waals surface area contributed by atoms with Gasteiger partial charge in [0.05, 0.1) is 6.10 Å². The van der Waals surface area contributed by atoms with E-state index in [0.29, 0.717) is 17.8 Å². The van der Waals surface area contributed by atoms with Gasteiger partial charge in [-0.2, -0.15) is 0 Å². The minimum absolute atomic E-state index is 0.177. The molecule has 1 aromatic rings. The molecule has 1 aromatic carbocycles. The number of nitrogens with zero attached hydrogens (tertiary/aromatic N) is 1. The molecule has 1 fully saturated rings. The van der Waals surface area contributed by atoms with Gasteiger partial charge in [0.25, 0.3) is 0 Å². The normalized spacial score (nSPS) is 26.7. The minimum Gasteiger partial charge on any atom is -0.392 e. The van der Waals surface area contributed by atoms with E-state index in [9.17, 15) is 5.11 Å². The summed E-state index contributed by atoms with van der Waals surface area (Å²) in [4.78, 5) is 2.27. The number of aliphatic hydroxyl groups excluding tert-OH is 1. The van der Waals surface area contributed by atoms with Gasteiger partial charge in [0.15, 0.2) is 0 Å². The summed E-state index contributed by atoms with van der Waals surface area (Å²) in [6.45, 7) is 3.33. The molecule has 1 N–H and O–H groups in total. The third-order valence-corrected chi connectivity index (χ3v) is 6.57. The van der Waals surface area contributed by atoms with Crippen LogP contribution in [0.4, 0.5) is 0 Å². The van der Waals surface area contributed by atoms with E-state index < -0.39 is 0 Å². The Morgan fingerprint density at radius 1 is 1.14 bits per heavy atom. The number of aryl methyl sites for hydroxylation is 1. The highest BCUT2D eigenvalue weighted by Crippen LogP contribution is 2.48. The van der Waals surface area contributed by atoms with Crippen molar-refractivity contribution in [2.75, 3.05) is 20.6 Å². The maximum Gasteiger partial charge on any atom is 0.0611 e. The number of unbranched alkanes of at least 4 members (excludes halogenated alkanes) is 2. The van der Waals surface area contributed by atoms with E-state index in [-0.39, 0.29) is 6.10 Å². The number of benzene rings is 1. The zero-order valence-corrected chi connectivity index (χ0v) is 18.6. The van der Waals surface area contributed by atoms with Crippen molar-refractivity contribution in [2.24, 2.45) is 17.8 Å². The summed E-state index contributed by atoms with van der Waals surface area (Å²) < 4.78 is 0. The van der Waals surface area contributed by atoms with Gasteiger partial charge in [0.2, 0.25) is 0 Å². The van der Waals surface area contributed by atoms with Gasteiger partial charge in [-0.3, -0.25) is 0 Å². The number of allylic oxidation sites excluding steroid dienone is 5. The van der Waals surface area contributed by atoms with Crippen LogP contribution in [0.2, 0.25) is 0 Å². The first-order valence-electron chi connectivity index (χ1n) is 11.4. The lowest BCUT2D eigenvalue weighted by Gasteiger charge is -2.18. The molecule has 2 aliphatic rings. The van der Waals surface area contributed by atoms with E-state index in [0.717, 1.165) is 12.8 Å². The van der Waals surface area contributed by atoms with Crippen LogP contribution in [0.3, 0.4) is 0 Å². The fourth-order valence-corrected chi connectivity index (χ4v) is 5.06. The molecule has 0 heterocycles. The van der Waals surface area contributed by atoms with Gasteiger partial charge in [0, 0.05) is 5.92 Å². The van der Waals surface area contributed by atoms with Crippen molar-refractivity contribution in [3.8, 4) is 0 Å². The molecule has 0 spiro atoms. The number of hydrogen-bond donors (Lipinski definition) is 1. The lowest BCUT2D eigenvalue weighted by atomic mass is 9.89. The summed E-state index contributed by atoms with van der Waals surface area (Å²) in [5.74, 6) is 1.52. The second-order valence-electron chi connectivity index (χ2n) is 9.36. The highest BCUT2D eigenvalue weighted by molar-refractivity contribution is 5.25. The van der Waals surface area contributed by atoms with Crippen LogP contribution < -0.4 is 0 Å². The molecule has 0 aromatic heterocycles. The average Bonchev–Trinajstić information content (AvgIpc) is 3.18. The molecule has 1 saturated carbocycles. The van der Waals surface area contributed by atoms with Gasteiger partial charge < -0.3 is 10.0 Å². The average molecular weight is 394 g/mol. The Balaban J connectivity index is 1.43. The summed E-state index contributed by atoms with van der Waals surface area (Å²) >= 11 is 0. The van der Waals surface area contributed by atoms with E-state index in [1.54, 1.807) is 5.57 Å². The molecule has 158 valence electrons. The Bertz CT molecular complexity index is 730. The first kappa shape index (κ1) is 22.1. The Hall–Kier alpha value is -1.64. The van der Waals surface area contributed by atoms with E-state index in [1.165, 1.54) is 49.8 Å². The van der Waals surface area contributed by atoms with Crippen LogP contribution in [-0.4, -0.2) is 36.8 Å². The Kier molecular flexibility index (Phi) is 8.32. The first-order chi connectivity index (χ1) is 14.0. The molecule has 2 aliphatic carbocycles. The van der Waals surface area contributed by atoms with Crippen LogP contribution in [0.25, 0.3) is 0 Å². The van der Waals surface area contributed by atoms with Gasteiger partial charge in [-0.1, -0.05) is 72.2 Å². The van der Waals surface area contributed by atoms with Crippen molar-refractivity contribution in [3.63, 3.8) is 0 Å². The standard InChI is InChI=1S/C27H39NO/c1-21-11-10-14-22(17-21)12-6-4-8-15-25-26-19-23(18-24(26)20-27(25)29)13-7-5-9-16-28(2)3/h4,6,8,10-11,14-15,17-18,24-27,29H,5,7,9,12-13,16,19-20H2,1-3H3/b6-4+,15-8+/t24-,25+,26-,27+/m0/s1. The second kappa shape index (κ2) is 10.9. The molecule has 0 aliphatic heterocycles. The van der Waals surface area contributed by atoms with Gasteiger partial charge in [0.1, 0.15) is 0 Å². The summed E-state index contributed by atoms with van der Waals surface area (Å²) in [5, 5.41) is 10.5. The van der Waals surface area contributed by atoms with Crippen LogP contribution in [0.15, 0.2) is 60.2 Å². The minimum atomic E-state index is -0.177. The largest absolute Gasteiger partial charge is 0.392 e. The van der Waals surface area contributed by atoms with E-state index in [4.69, 9.17) is 0 Å². The predicted octanol–water partition coefficient (Wildman–Crippen LogP) is 5.72. The van der Waals surface area contributed by atoms with E-state index >= 15 is 0 Å². The van der Waals surface area contributed by atoms with Gasteiger partial charge in [-0.05, 0) is 83.5 Å². The molecule has 0 radical (unpaired) electrons. The summed E-state index contributed by atoms with van der Waals surface area (Å²) in [7, 11) is 4.30. The smallest absolute Gasteiger partial charge is 0.0611 e. The van der Waals surface area contributed by atoms with E-state index in [2.05, 4.69) is 80.6 Å². The first-order valence-corrected chi connectivity index (χ1v) is 11.4. The van der Waals surface area contributed by atoms with Gasteiger partial charge in [-0.25, -0.2) is 0 Å². The maximum atomic E-state index is 10.5. The van der Waals surface area contributed by atoms with Crippen LogP contribution in [-0.2, 0) is 6.42 Å². The van der Waals surface area contributed by atoms with Gasteiger partial charge in [-0.15, -0.1) is 0 Å². The SMILES string of the molecule is Cc1cccc(C/C=C/C=C/[C@@H]2[C@H]3CC(CCCCCN(C)C)=C[C@H]3C[C@H]2O)c1. The van der Waals surface area contributed by atoms with Crippen molar-refractivity contribution in [1.82, 2.24) is 4.90 Å². The highest BCUT2D eigenvalue weighted by atomic mass is 16.3. The number of fused-ring (bicyclic) bond motifs is 1. The van der Waals surface area contributed by atoms with Crippen LogP contribution in [0, 0.1) is 24.7 Å². The third kappa shape index (κ3) is 6.69. The topological polar surface area (TPSA) is 23.5 Å². The molecule has 0 unspecified atom stereocenters. The van der Waals surface area contributed by atoms with Crippen molar-refractivity contribution in [2.45, 2.75) is 58.0 Å². The highest BCUT2D eigenvalue weighted by Gasteiger charge is 2.42. The zero-order chi connectivity index (χ0) is 20.6. The predicted molar refractivity (Wildman–Crippen MR) is 124 cm³/mol. The molecule has 4 atom stereocenters. The number of rotatable bonds is 10. The van der Waals surface area contributed by atoms with Crippen molar-refractivity contribution >= 4 is 0 Å². The van der Waals surface area contributed by atoms with Gasteiger partial charge >= 0.3 is 0 Å². The Morgan fingerprint density at radius 2 is 2.00 bits per heavy atom. The quantitative estimate of drug-likeness (QED) is 0.312. The Labute approximate surface area is 178 Å². The molecule has 2 heteroatoms. The Morgan fingerprint density at radius 3 is 2.79 bits per heavy atom.